The molecule has 1 atom stereocenters. The lowest BCUT2D eigenvalue weighted by Gasteiger charge is -2.43. The molecule has 3 heteroatoms. The van der Waals surface area contributed by atoms with E-state index in [2.05, 4.69) is 5.48 Å². The fourth-order valence-electron chi connectivity index (χ4n) is 2.87. The number of nitrogens with one attached hydrogen (secondary N) is 1. The Labute approximate surface area is 92.5 Å². The van der Waals surface area contributed by atoms with Crippen molar-refractivity contribution in [3.63, 3.8) is 0 Å². The first-order chi connectivity index (χ1) is 7.35. The van der Waals surface area contributed by atoms with Gasteiger partial charge in [-0.25, -0.2) is 0 Å². The second kappa shape index (κ2) is 5.28. The summed E-state index contributed by atoms with van der Waals surface area (Å²) in [6.45, 7) is 3.65. The van der Waals surface area contributed by atoms with Gasteiger partial charge in [0.15, 0.2) is 0 Å². The van der Waals surface area contributed by atoms with E-state index < -0.39 is 0 Å². The van der Waals surface area contributed by atoms with Crippen LogP contribution >= 0.6 is 0 Å². The predicted octanol–water partition coefficient (Wildman–Crippen LogP) is 2.41. The monoisotopic (exact) mass is 213 g/mol. The second-order valence-electron chi connectivity index (χ2n) is 4.83. The maximum atomic E-state index is 6.02. The molecule has 2 aliphatic rings. The summed E-state index contributed by atoms with van der Waals surface area (Å²) in [5, 5.41) is 0. The summed E-state index contributed by atoms with van der Waals surface area (Å²) in [7, 11) is 0. The van der Waals surface area contributed by atoms with E-state index in [-0.39, 0.29) is 5.60 Å². The van der Waals surface area contributed by atoms with Gasteiger partial charge >= 0.3 is 0 Å². The molecule has 2 rings (SSSR count). The SMILES string of the molecule is CCONC1CCOC2(CCCCC2)C1. The largest absolute Gasteiger partial charge is 0.375 e. The third kappa shape index (κ3) is 2.92. The number of hydrogen-bond donors (Lipinski definition) is 1. The summed E-state index contributed by atoms with van der Waals surface area (Å²) < 4.78 is 6.02. The van der Waals surface area contributed by atoms with Crippen molar-refractivity contribution in [2.45, 2.75) is 63.5 Å². The van der Waals surface area contributed by atoms with E-state index in [4.69, 9.17) is 9.57 Å². The molecule has 0 aromatic heterocycles. The van der Waals surface area contributed by atoms with Crippen LogP contribution in [0.4, 0.5) is 0 Å². The Morgan fingerprint density at radius 2 is 2.13 bits per heavy atom. The summed E-state index contributed by atoms with van der Waals surface area (Å²) in [6, 6.07) is 0.497. The van der Waals surface area contributed by atoms with Gasteiger partial charge in [-0.05, 0) is 32.6 Å². The van der Waals surface area contributed by atoms with Gasteiger partial charge in [-0.15, -0.1) is 0 Å². The van der Waals surface area contributed by atoms with Crippen LogP contribution in [0.1, 0.15) is 51.9 Å². The molecule has 1 unspecified atom stereocenters. The van der Waals surface area contributed by atoms with Crippen LogP contribution in [0.25, 0.3) is 0 Å². The van der Waals surface area contributed by atoms with E-state index >= 15 is 0 Å². The summed E-state index contributed by atoms with van der Waals surface area (Å²) >= 11 is 0. The van der Waals surface area contributed by atoms with Crippen LogP contribution in [0.3, 0.4) is 0 Å². The lowest BCUT2D eigenvalue weighted by molar-refractivity contribution is -0.127. The molecule has 1 spiro atoms. The van der Waals surface area contributed by atoms with Crippen LogP contribution in [0.5, 0.6) is 0 Å². The molecule has 15 heavy (non-hydrogen) atoms. The van der Waals surface area contributed by atoms with Crippen molar-refractivity contribution < 1.29 is 9.57 Å². The lowest BCUT2D eigenvalue weighted by Crippen LogP contribution is -2.48. The summed E-state index contributed by atoms with van der Waals surface area (Å²) in [5.41, 5.74) is 3.35. The standard InChI is InChI=1S/C12H23NO2/c1-2-15-13-11-6-9-14-12(10-11)7-4-3-5-8-12/h11,13H,2-10H2,1H3. The first kappa shape index (κ1) is 11.4. The van der Waals surface area contributed by atoms with E-state index in [1.807, 2.05) is 6.92 Å². The Kier molecular flexibility index (Phi) is 4.00. The van der Waals surface area contributed by atoms with Crippen LogP contribution in [-0.2, 0) is 9.57 Å². The first-order valence-electron chi connectivity index (χ1n) is 6.36. The molecular weight excluding hydrogens is 190 g/mol. The fraction of sp³-hybridized carbons (Fsp3) is 1.00. The summed E-state index contributed by atoms with van der Waals surface area (Å²) in [5.74, 6) is 0. The van der Waals surface area contributed by atoms with Crippen molar-refractivity contribution in [1.29, 1.82) is 0 Å². The smallest absolute Gasteiger partial charge is 0.0698 e. The first-order valence-corrected chi connectivity index (χ1v) is 6.36. The molecule has 0 radical (unpaired) electrons. The van der Waals surface area contributed by atoms with E-state index in [0.717, 1.165) is 26.1 Å². The topological polar surface area (TPSA) is 30.5 Å². The highest BCUT2D eigenvalue weighted by atomic mass is 16.6. The summed E-state index contributed by atoms with van der Waals surface area (Å²) in [6.07, 6.45) is 8.76. The Morgan fingerprint density at radius 1 is 1.33 bits per heavy atom. The van der Waals surface area contributed by atoms with Gasteiger partial charge in [0.25, 0.3) is 0 Å². The van der Waals surface area contributed by atoms with Crippen molar-refractivity contribution in [2.24, 2.45) is 0 Å². The highest BCUT2D eigenvalue weighted by Gasteiger charge is 2.38. The number of hydrogen-bond acceptors (Lipinski definition) is 3. The van der Waals surface area contributed by atoms with Crippen molar-refractivity contribution in [3.8, 4) is 0 Å². The minimum absolute atomic E-state index is 0.186. The second-order valence-corrected chi connectivity index (χ2v) is 4.83. The van der Waals surface area contributed by atoms with Crippen molar-refractivity contribution in [2.75, 3.05) is 13.2 Å². The molecule has 1 heterocycles. The fourth-order valence-corrected chi connectivity index (χ4v) is 2.87. The van der Waals surface area contributed by atoms with Crippen molar-refractivity contribution in [1.82, 2.24) is 5.48 Å². The predicted molar refractivity (Wildman–Crippen MR) is 59.6 cm³/mol. The van der Waals surface area contributed by atoms with Crippen LogP contribution in [0.15, 0.2) is 0 Å². The summed E-state index contributed by atoms with van der Waals surface area (Å²) in [4.78, 5) is 5.30. The highest BCUT2D eigenvalue weighted by Crippen LogP contribution is 2.38. The molecule has 3 nitrogen and oxygen atoms in total. The average Bonchev–Trinajstić information content (AvgIpc) is 2.28. The highest BCUT2D eigenvalue weighted by molar-refractivity contribution is 4.91. The molecular formula is C12H23NO2. The molecule has 1 saturated heterocycles. The molecule has 1 N–H and O–H groups in total. The zero-order valence-corrected chi connectivity index (χ0v) is 9.76. The van der Waals surface area contributed by atoms with Gasteiger partial charge in [0.2, 0.25) is 0 Å². The number of rotatable bonds is 3. The molecule has 1 aliphatic carbocycles. The molecule has 88 valence electrons. The number of ether oxygens (including phenoxy) is 1. The van der Waals surface area contributed by atoms with E-state index in [1.165, 1.54) is 32.1 Å². The van der Waals surface area contributed by atoms with Crippen molar-refractivity contribution in [3.05, 3.63) is 0 Å². The normalized spacial score (nSPS) is 30.6. The van der Waals surface area contributed by atoms with Gasteiger partial charge in [-0.1, -0.05) is 19.3 Å². The van der Waals surface area contributed by atoms with Crippen LogP contribution in [0, 0.1) is 0 Å². The molecule has 0 amide bonds. The molecule has 0 aromatic carbocycles. The molecule has 1 saturated carbocycles. The third-order valence-corrected chi connectivity index (χ3v) is 3.65. The molecule has 1 aliphatic heterocycles. The molecule has 2 fully saturated rings. The van der Waals surface area contributed by atoms with Gasteiger partial charge in [0.05, 0.1) is 12.2 Å². The van der Waals surface area contributed by atoms with E-state index in [1.54, 1.807) is 0 Å². The zero-order valence-electron chi connectivity index (χ0n) is 9.76. The van der Waals surface area contributed by atoms with Crippen LogP contribution in [0.2, 0.25) is 0 Å². The van der Waals surface area contributed by atoms with Gasteiger partial charge in [-0.3, -0.25) is 0 Å². The lowest BCUT2D eigenvalue weighted by atomic mass is 9.78. The maximum absolute atomic E-state index is 6.02. The zero-order chi connectivity index (χ0) is 10.6. The van der Waals surface area contributed by atoms with Crippen LogP contribution < -0.4 is 5.48 Å². The van der Waals surface area contributed by atoms with Gasteiger partial charge in [-0.2, -0.15) is 5.48 Å². The Hall–Kier alpha value is -0.120. The van der Waals surface area contributed by atoms with E-state index in [0.29, 0.717) is 6.04 Å². The quantitative estimate of drug-likeness (QED) is 0.730. The van der Waals surface area contributed by atoms with Crippen molar-refractivity contribution >= 4 is 0 Å². The van der Waals surface area contributed by atoms with Crippen LogP contribution in [-0.4, -0.2) is 24.9 Å². The van der Waals surface area contributed by atoms with Gasteiger partial charge in [0, 0.05) is 12.6 Å². The van der Waals surface area contributed by atoms with Gasteiger partial charge in [0.1, 0.15) is 0 Å². The average molecular weight is 213 g/mol. The Balaban J connectivity index is 1.85. The minimum atomic E-state index is 0.186. The minimum Gasteiger partial charge on any atom is -0.375 e. The van der Waals surface area contributed by atoms with Gasteiger partial charge < -0.3 is 9.57 Å². The molecule has 0 aromatic rings. The Bertz CT molecular complexity index is 185. The third-order valence-electron chi connectivity index (χ3n) is 3.65. The maximum Gasteiger partial charge on any atom is 0.0698 e. The molecule has 0 bridgehead atoms. The van der Waals surface area contributed by atoms with E-state index in [9.17, 15) is 0 Å². The number of hydroxylamine groups is 1. The Morgan fingerprint density at radius 3 is 2.87 bits per heavy atom.